The van der Waals surface area contributed by atoms with Crippen LogP contribution in [0.2, 0.25) is 76.6 Å². The van der Waals surface area contributed by atoms with Gasteiger partial charge in [-0.25, -0.2) is 0 Å². The van der Waals surface area contributed by atoms with Crippen LogP contribution < -0.4 is 42.0 Å². The molecule has 0 aliphatic heterocycles. The van der Waals surface area contributed by atoms with Crippen molar-refractivity contribution in [3.05, 3.63) is 97.1 Å². The summed E-state index contributed by atoms with van der Waals surface area (Å²) in [5, 5.41) is 12.9. The van der Waals surface area contributed by atoms with Crippen LogP contribution in [0.25, 0.3) is 0 Å². The highest BCUT2D eigenvalue weighted by Crippen LogP contribution is 2.41. The van der Waals surface area contributed by atoms with Crippen molar-refractivity contribution in [1.29, 1.82) is 0 Å². The van der Waals surface area contributed by atoms with Crippen molar-refractivity contribution in [1.82, 2.24) is 0 Å². The molecule has 4 aromatic rings. The molecule has 0 unspecified atom stereocenters. The molecule has 0 bridgehead atoms. The fourth-order valence-corrected chi connectivity index (χ4v) is 26.6. The molecule has 0 saturated carbocycles. The van der Waals surface area contributed by atoms with Gasteiger partial charge in [-0.05, 0) is 49.4 Å². The lowest BCUT2D eigenvalue weighted by Crippen LogP contribution is -2.42. The molecule has 0 aliphatic rings. The van der Waals surface area contributed by atoms with E-state index in [0.29, 0.717) is 0 Å². The normalized spacial score (nSPS) is 12.7. The highest BCUT2D eigenvalue weighted by Gasteiger charge is 2.29. The van der Waals surface area contributed by atoms with Crippen molar-refractivity contribution < 1.29 is 0 Å². The van der Waals surface area contributed by atoms with Crippen LogP contribution in [0, 0.1) is 0 Å². The zero-order valence-corrected chi connectivity index (χ0v) is 55.1. The smallest absolute Gasteiger partial charge is 0.0654 e. The monoisotopic (exact) mass is 1080 g/mol. The highest BCUT2D eigenvalue weighted by molar-refractivity contribution is 7.76. The van der Waals surface area contributed by atoms with Crippen molar-refractivity contribution in [3.8, 4) is 0 Å². The number of hydrogen-bond donors (Lipinski definition) is 0. The van der Waals surface area contributed by atoms with Gasteiger partial charge in [0.05, 0.1) is 32.3 Å². The summed E-state index contributed by atoms with van der Waals surface area (Å²) in [7, 11) is -7.05. The zero-order chi connectivity index (χ0) is 52.3. The molecule has 0 radical (unpaired) electrons. The van der Waals surface area contributed by atoms with Crippen LogP contribution in [-0.4, -0.2) is 44.6 Å². The van der Waals surface area contributed by atoms with E-state index in [1.165, 1.54) is 191 Å². The largest absolute Gasteiger partial charge is 0.0806 e. The second kappa shape index (κ2) is 33.7. The van der Waals surface area contributed by atoms with Crippen LogP contribution in [0.15, 0.2) is 97.1 Å². The van der Waals surface area contributed by atoms with Gasteiger partial charge in [-0.3, -0.25) is 0 Å². The van der Waals surface area contributed by atoms with Gasteiger partial charge in [0.1, 0.15) is 0 Å². The van der Waals surface area contributed by atoms with E-state index < -0.39 is 48.1 Å². The van der Waals surface area contributed by atoms with E-state index in [1.54, 1.807) is 42.0 Å². The number of benzene rings is 4. The fraction of sp³-hybridized carbons (Fsp3) is 0.636. The van der Waals surface area contributed by atoms with Crippen molar-refractivity contribution in [2.45, 2.75) is 258 Å². The minimum atomic E-state index is -1.50. The topological polar surface area (TPSA) is 0 Å². The van der Waals surface area contributed by atoms with Crippen LogP contribution in [0.3, 0.4) is 0 Å². The average Bonchev–Trinajstić information content (AvgIpc) is 3.37. The minimum absolute atomic E-state index is 0.515. The summed E-state index contributed by atoms with van der Waals surface area (Å²) in [4.78, 5) is 0. The summed E-state index contributed by atoms with van der Waals surface area (Å²) in [5.74, 6) is 0. The fourth-order valence-electron chi connectivity index (χ4n) is 11.4. The molecule has 0 atom stereocenters. The maximum Gasteiger partial charge on any atom is 0.0806 e. The van der Waals surface area contributed by atoms with Crippen molar-refractivity contribution in [2.24, 2.45) is 0 Å². The Balaban J connectivity index is 1.66. The van der Waals surface area contributed by atoms with Gasteiger partial charge < -0.3 is 0 Å². The Morgan fingerprint density at radius 1 is 0.236 bits per heavy atom. The summed E-state index contributed by atoms with van der Waals surface area (Å²) in [6.45, 7) is 30.4. The Kier molecular flexibility index (Phi) is 29.6. The first-order valence-electron chi connectivity index (χ1n) is 30.6. The number of rotatable bonds is 39. The Morgan fingerprint density at radius 3 is 0.583 bits per heavy atom. The first-order chi connectivity index (χ1) is 34.6. The van der Waals surface area contributed by atoms with E-state index in [4.69, 9.17) is 0 Å². The van der Waals surface area contributed by atoms with E-state index in [2.05, 4.69) is 177 Å². The first kappa shape index (κ1) is 63.1. The molecular weight excluding hydrogens is 967 g/mol. The predicted molar refractivity (Wildman–Crippen MR) is 349 cm³/mol. The van der Waals surface area contributed by atoms with Crippen molar-refractivity contribution in [2.75, 3.05) is 12.3 Å². The SMILES string of the molecule is CCCCCCCC[Si](C)(C)c1ccc(P(CCP(c2ccc([Si](C)(C)CCCCCCCC)cc2)c2ccc([Si](C)(C)CCCCCCCC)cc2)c2ccc([Si](C)(C)CCCCCCCC)cc2)cc1. The van der Waals surface area contributed by atoms with Gasteiger partial charge in [0, 0.05) is 0 Å². The third-order valence-corrected chi connectivity index (χ3v) is 36.4. The van der Waals surface area contributed by atoms with E-state index in [0.717, 1.165) is 0 Å². The molecule has 0 aliphatic carbocycles. The number of unbranched alkanes of at least 4 members (excludes halogenated alkanes) is 20. The minimum Gasteiger partial charge on any atom is -0.0654 e. The van der Waals surface area contributed by atoms with Gasteiger partial charge in [0.2, 0.25) is 0 Å². The molecule has 6 heteroatoms. The van der Waals surface area contributed by atoms with E-state index in [9.17, 15) is 0 Å². The molecule has 72 heavy (non-hydrogen) atoms. The Labute approximate surface area is 454 Å². The molecule has 4 rings (SSSR count). The quantitative estimate of drug-likeness (QED) is 0.0237. The van der Waals surface area contributed by atoms with Crippen molar-refractivity contribution in [3.63, 3.8) is 0 Å². The Hall–Kier alpha value is -1.39. The lowest BCUT2D eigenvalue weighted by Gasteiger charge is -2.28. The lowest BCUT2D eigenvalue weighted by molar-refractivity contribution is 0.623. The standard InChI is InChI=1S/C66H112P2Si4/c1-13-17-21-25-29-33-55-69(5,6)63-45-37-59(38-46-63)67(60-39-47-64(48-40-60)70(7,8)56-34-30-26-22-18-14-2)53-54-68(61-41-49-65(50-42-61)71(9,10)57-35-31-27-23-19-15-3)62-43-51-66(52-44-62)72(11,12)58-36-32-28-24-20-16-4/h37-52H,13-36,53-58H2,1-12H3. The van der Waals surface area contributed by atoms with Gasteiger partial charge >= 0.3 is 0 Å². The number of hydrogen-bond acceptors (Lipinski definition) is 0. The van der Waals surface area contributed by atoms with Crippen LogP contribution in [0.4, 0.5) is 0 Å². The third-order valence-electron chi connectivity index (χ3n) is 17.0. The van der Waals surface area contributed by atoms with Crippen molar-refractivity contribution >= 4 is 90.1 Å². The van der Waals surface area contributed by atoms with Gasteiger partial charge in [-0.2, -0.15) is 0 Å². The van der Waals surface area contributed by atoms with Crippen LogP contribution in [-0.2, 0) is 0 Å². The molecule has 0 heterocycles. The van der Waals surface area contributed by atoms with E-state index >= 15 is 0 Å². The summed E-state index contributed by atoms with van der Waals surface area (Å²) in [5.41, 5.74) is 0. The van der Waals surface area contributed by atoms with E-state index in [-0.39, 0.29) is 0 Å². The molecule has 0 N–H and O–H groups in total. The highest BCUT2D eigenvalue weighted by atomic mass is 31.1. The molecule has 0 nitrogen and oxygen atoms in total. The Morgan fingerprint density at radius 2 is 0.403 bits per heavy atom. The average molecular weight is 1080 g/mol. The van der Waals surface area contributed by atoms with Gasteiger partial charge in [0.15, 0.2) is 0 Å². The summed E-state index contributed by atoms with van der Waals surface area (Å²) >= 11 is 0. The molecule has 402 valence electrons. The lowest BCUT2D eigenvalue weighted by atomic mass is 10.1. The summed E-state index contributed by atoms with van der Waals surface area (Å²) in [6.07, 6.45) is 35.8. The van der Waals surface area contributed by atoms with Crippen LogP contribution in [0.5, 0.6) is 0 Å². The summed E-state index contributed by atoms with van der Waals surface area (Å²) < 4.78 is 0. The second-order valence-corrected chi connectivity index (χ2v) is 49.1. The molecule has 0 aromatic heterocycles. The first-order valence-corrected chi connectivity index (χ1v) is 46.4. The second-order valence-electron chi connectivity index (χ2n) is 25.1. The zero-order valence-electron chi connectivity index (χ0n) is 49.3. The molecule has 0 amide bonds. The molecule has 4 aromatic carbocycles. The van der Waals surface area contributed by atoms with Gasteiger partial charge in [-0.1, -0.05) is 376 Å². The predicted octanol–water partition coefficient (Wildman–Crippen LogP) is 18.4. The van der Waals surface area contributed by atoms with Gasteiger partial charge in [-0.15, -0.1) is 0 Å². The van der Waals surface area contributed by atoms with Gasteiger partial charge in [0.25, 0.3) is 0 Å². The van der Waals surface area contributed by atoms with Crippen LogP contribution >= 0.6 is 15.8 Å². The molecule has 0 spiro atoms. The maximum atomic E-state index is 2.63. The summed E-state index contributed by atoms with van der Waals surface area (Å²) in [6, 6.07) is 47.1. The molecular formula is C66H112P2Si4. The van der Waals surface area contributed by atoms with Crippen LogP contribution in [0.1, 0.15) is 182 Å². The molecule has 0 saturated heterocycles. The Bertz CT molecular complexity index is 1710. The molecule has 0 fully saturated rings. The maximum absolute atomic E-state index is 2.63. The van der Waals surface area contributed by atoms with E-state index in [1.807, 2.05) is 0 Å². The third kappa shape index (κ3) is 21.9.